The van der Waals surface area contributed by atoms with Crippen molar-refractivity contribution in [3.05, 3.63) is 59.7 Å². The molecule has 5 heteroatoms. The molecule has 0 bridgehead atoms. The third kappa shape index (κ3) is 5.58. The average molecular weight is 365 g/mol. The van der Waals surface area contributed by atoms with Crippen molar-refractivity contribution < 1.29 is 9.53 Å². The van der Waals surface area contributed by atoms with Crippen molar-refractivity contribution >= 4 is 17.8 Å². The molecule has 5 nitrogen and oxygen atoms in total. The quantitative estimate of drug-likeness (QED) is 0.594. The van der Waals surface area contributed by atoms with Gasteiger partial charge in [0.15, 0.2) is 0 Å². The Labute approximate surface area is 161 Å². The fraction of sp³-hybridized carbons (Fsp3) is 0.364. The van der Waals surface area contributed by atoms with Crippen molar-refractivity contribution in [2.24, 2.45) is 11.0 Å². The smallest absolute Gasteiger partial charge is 0.271 e. The van der Waals surface area contributed by atoms with Gasteiger partial charge < -0.3 is 9.64 Å². The Bertz CT molecular complexity index is 761. The van der Waals surface area contributed by atoms with Crippen LogP contribution < -0.4 is 15.1 Å². The van der Waals surface area contributed by atoms with E-state index >= 15 is 0 Å². The normalized spacial score (nSPS) is 14.1. The molecule has 142 valence electrons. The third-order valence-corrected chi connectivity index (χ3v) is 4.44. The predicted molar refractivity (Wildman–Crippen MR) is 110 cm³/mol. The lowest BCUT2D eigenvalue weighted by molar-refractivity contribution is 0.0955. The van der Waals surface area contributed by atoms with Crippen LogP contribution in [0, 0.1) is 5.92 Å². The average Bonchev–Trinajstić information content (AvgIpc) is 3.22. The zero-order chi connectivity index (χ0) is 19.1. The minimum absolute atomic E-state index is 0.212. The second-order valence-corrected chi connectivity index (χ2v) is 7.21. The summed E-state index contributed by atoms with van der Waals surface area (Å²) in [7, 11) is 0. The number of hydrogen-bond donors (Lipinski definition) is 1. The van der Waals surface area contributed by atoms with Crippen LogP contribution in [-0.2, 0) is 0 Å². The highest BCUT2D eigenvalue weighted by molar-refractivity contribution is 5.95. The summed E-state index contributed by atoms with van der Waals surface area (Å²) in [5.41, 5.74) is 5.25. The number of anilines is 1. The maximum absolute atomic E-state index is 12.2. The van der Waals surface area contributed by atoms with Crippen LogP contribution in [0.15, 0.2) is 53.6 Å². The van der Waals surface area contributed by atoms with Gasteiger partial charge in [0.1, 0.15) is 5.75 Å². The van der Waals surface area contributed by atoms with Gasteiger partial charge in [0.05, 0.1) is 12.8 Å². The Hall–Kier alpha value is -2.82. The van der Waals surface area contributed by atoms with Crippen LogP contribution >= 0.6 is 0 Å². The second kappa shape index (κ2) is 9.21. The first-order chi connectivity index (χ1) is 13.1. The molecule has 0 spiro atoms. The van der Waals surface area contributed by atoms with Gasteiger partial charge in [-0.2, -0.15) is 5.10 Å². The molecule has 0 radical (unpaired) electrons. The third-order valence-electron chi connectivity index (χ3n) is 4.44. The Morgan fingerprint density at radius 1 is 1.11 bits per heavy atom. The molecule has 1 saturated heterocycles. The van der Waals surface area contributed by atoms with Crippen LogP contribution in [-0.4, -0.2) is 31.8 Å². The van der Waals surface area contributed by atoms with E-state index in [-0.39, 0.29) is 5.91 Å². The fourth-order valence-corrected chi connectivity index (χ4v) is 2.94. The zero-order valence-corrected chi connectivity index (χ0v) is 16.0. The molecule has 2 aromatic carbocycles. The largest absolute Gasteiger partial charge is 0.493 e. The molecule has 1 amide bonds. The molecule has 1 fully saturated rings. The van der Waals surface area contributed by atoms with Gasteiger partial charge in [-0.1, -0.05) is 13.8 Å². The van der Waals surface area contributed by atoms with Crippen molar-refractivity contribution in [3.63, 3.8) is 0 Å². The van der Waals surface area contributed by atoms with Crippen molar-refractivity contribution in [2.45, 2.75) is 26.7 Å². The maximum atomic E-state index is 12.2. The summed E-state index contributed by atoms with van der Waals surface area (Å²) in [5, 5.41) is 4.05. The number of benzene rings is 2. The molecule has 0 atom stereocenters. The number of carbonyl (C=O) groups excluding carboxylic acids is 1. The number of nitrogens with zero attached hydrogens (tertiary/aromatic N) is 2. The van der Waals surface area contributed by atoms with Crippen molar-refractivity contribution in [1.29, 1.82) is 0 Å². The molecule has 0 unspecified atom stereocenters. The van der Waals surface area contributed by atoms with Crippen LogP contribution in [0.3, 0.4) is 0 Å². The number of nitrogens with one attached hydrogen (secondary N) is 1. The summed E-state index contributed by atoms with van der Waals surface area (Å²) < 4.78 is 5.65. The van der Waals surface area contributed by atoms with E-state index in [2.05, 4.69) is 29.3 Å². The first-order valence-electron chi connectivity index (χ1n) is 9.53. The van der Waals surface area contributed by atoms with Gasteiger partial charge in [-0.05, 0) is 72.9 Å². The fourth-order valence-electron chi connectivity index (χ4n) is 2.94. The van der Waals surface area contributed by atoms with E-state index in [0.717, 1.165) is 24.4 Å². The Balaban J connectivity index is 1.50. The van der Waals surface area contributed by atoms with Gasteiger partial charge >= 0.3 is 0 Å². The zero-order valence-electron chi connectivity index (χ0n) is 16.0. The van der Waals surface area contributed by atoms with Crippen molar-refractivity contribution in [1.82, 2.24) is 5.43 Å². The maximum Gasteiger partial charge on any atom is 0.271 e. The molecule has 0 aliphatic carbocycles. The highest BCUT2D eigenvalue weighted by Crippen LogP contribution is 2.20. The standard InChI is InChI=1S/C22H27N3O2/c1-17(2)16-27-21-11-5-18(6-12-21)15-23-24-22(26)19-7-9-20(10-8-19)25-13-3-4-14-25/h5-12,15,17H,3-4,13-14,16H2,1-2H3,(H,24,26)/b23-15-. The van der Waals surface area contributed by atoms with E-state index in [1.807, 2.05) is 48.5 Å². The molecule has 3 rings (SSSR count). The van der Waals surface area contributed by atoms with E-state index < -0.39 is 0 Å². The van der Waals surface area contributed by atoms with Crippen molar-refractivity contribution in [3.8, 4) is 5.75 Å². The van der Waals surface area contributed by atoms with Gasteiger partial charge in [0, 0.05) is 24.3 Å². The van der Waals surface area contributed by atoms with Crippen LogP contribution in [0.1, 0.15) is 42.6 Å². The Morgan fingerprint density at radius 3 is 2.41 bits per heavy atom. The molecule has 1 N–H and O–H groups in total. The van der Waals surface area contributed by atoms with E-state index in [4.69, 9.17) is 4.74 Å². The summed E-state index contributed by atoms with van der Waals surface area (Å²) in [6, 6.07) is 15.3. The monoisotopic (exact) mass is 365 g/mol. The van der Waals surface area contributed by atoms with Crippen LogP contribution in [0.2, 0.25) is 0 Å². The van der Waals surface area contributed by atoms with Gasteiger partial charge in [-0.3, -0.25) is 4.79 Å². The molecule has 1 heterocycles. The molecule has 27 heavy (non-hydrogen) atoms. The molecule has 1 aliphatic rings. The van der Waals surface area contributed by atoms with Crippen LogP contribution in [0.4, 0.5) is 5.69 Å². The van der Waals surface area contributed by atoms with Crippen LogP contribution in [0.25, 0.3) is 0 Å². The van der Waals surface area contributed by atoms with Crippen LogP contribution in [0.5, 0.6) is 5.75 Å². The molecule has 1 aliphatic heterocycles. The Kier molecular flexibility index (Phi) is 6.47. The summed E-state index contributed by atoms with van der Waals surface area (Å²) in [4.78, 5) is 14.6. The summed E-state index contributed by atoms with van der Waals surface area (Å²) in [6.45, 7) is 7.11. The van der Waals surface area contributed by atoms with Gasteiger partial charge in [-0.15, -0.1) is 0 Å². The molecular weight excluding hydrogens is 338 g/mol. The first-order valence-corrected chi connectivity index (χ1v) is 9.53. The van der Waals surface area contributed by atoms with Gasteiger partial charge in [-0.25, -0.2) is 5.43 Å². The van der Waals surface area contributed by atoms with Crippen molar-refractivity contribution in [2.75, 3.05) is 24.6 Å². The second-order valence-electron chi connectivity index (χ2n) is 7.21. The predicted octanol–water partition coefficient (Wildman–Crippen LogP) is 4.09. The summed E-state index contributed by atoms with van der Waals surface area (Å²) in [5.74, 6) is 1.12. The summed E-state index contributed by atoms with van der Waals surface area (Å²) >= 11 is 0. The molecule has 2 aromatic rings. The Morgan fingerprint density at radius 2 is 1.78 bits per heavy atom. The molecular formula is C22H27N3O2. The van der Waals surface area contributed by atoms with Gasteiger partial charge in [0.2, 0.25) is 0 Å². The van der Waals surface area contributed by atoms with Gasteiger partial charge in [0.25, 0.3) is 5.91 Å². The molecule has 0 aromatic heterocycles. The number of amides is 1. The van der Waals surface area contributed by atoms with E-state index in [0.29, 0.717) is 18.1 Å². The lowest BCUT2D eigenvalue weighted by Gasteiger charge is -2.17. The number of rotatable bonds is 7. The number of ether oxygens (including phenoxy) is 1. The topological polar surface area (TPSA) is 53.9 Å². The lowest BCUT2D eigenvalue weighted by atomic mass is 10.2. The summed E-state index contributed by atoms with van der Waals surface area (Å²) in [6.07, 6.45) is 4.10. The number of carbonyl (C=O) groups is 1. The van der Waals surface area contributed by atoms with E-state index in [9.17, 15) is 4.79 Å². The highest BCUT2D eigenvalue weighted by Gasteiger charge is 2.12. The SMILES string of the molecule is CC(C)COc1ccc(/C=N\NC(=O)c2ccc(N3CCCC3)cc2)cc1. The number of hydrogen-bond acceptors (Lipinski definition) is 4. The highest BCUT2D eigenvalue weighted by atomic mass is 16.5. The first kappa shape index (κ1) is 19.0. The lowest BCUT2D eigenvalue weighted by Crippen LogP contribution is -2.19. The number of hydrazone groups is 1. The van der Waals surface area contributed by atoms with E-state index in [1.165, 1.54) is 18.5 Å². The minimum atomic E-state index is -0.212. The minimum Gasteiger partial charge on any atom is -0.493 e. The molecule has 0 saturated carbocycles. The van der Waals surface area contributed by atoms with E-state index in [1.54, 1.807) is 6.21 Å².